The molecular formula is C20H23BrN4O. The lowest BCUT2D eigenvalue weighted by molar-refractivity contribution is 0.0979. The molecule has 5 nitrogen and oxygen atoms in total. The molecule has 0 atom stereocenters. The number of nitrogens with zero attached hydrogens (tertiary/aromatic N) is 4. The summed E-state index contributed by atoms with van der Waals surface area (Å²) >= 11 is 3.47. The van der Waals surface area contributed by atoms with Crippen molar-refractivity contribution in [1.29, 1.82) is 5.26 Å². The Morgan fingerprint density at radius 3 is 2.50 bits per heavy atom. The Bertz CT molecular complexity index is 812. The first kappa shape index (κ1) is 20.1. The summed E-state index contributed by atoms with van der Waals surface area (Å²) in [6, 6.07) is 13.0. The first-order valence-corrected chi connectivity index (χ1v) is 9.47. The number of anilines is 1. The van der Waals surface area contributed by atoms with Crippen LogP contribution in [-0.2, 0) is 0 Å². The summed E-state index contributed by atoms with van der Waals surface area (Å²) in [5.74, 6) is -0.164. The van der Waals surface area contributed by atoms with Gasteiger partial charge in [-0.2, -0.15) is 5.26 Å². The predicted octanol–water partition coefficient (Wildman–Crippen LogP) is 4.01. The standard InChI is InChI=1S/C20H23BrN4O/c1-4-24(5-2)11-12-25(18-8-6-7-17(21)13-18)20(26)19-10-9-16(14-22)15(3)23-19/h6-10,13H,4-5,11-12H2,1-3H3. The number of hydrogen-bond acceptors (Lipinski definition) is 4. The van der Waals surface area contributed by atoms with Gasteiger partial charge in [0.1, 0.15) is 11.8 Å². The molecule has 0 spiro atoms. The van der Waals surface area contributed by atoms with E-state index in [1.54, 1.807) is 24.0 Å². The fourth-order valence-electron chi connectivity index (χ4n) is 2.71. The number of likely N-dealkylation sites (N-methyl/N-ethyl adjacent to an activating group) is 1. The molecule has 0 saturated heterocycles. The Labute approximate surface area is 163 Å². The van der Waals surface area contributed by atoms with Gasteiger partial charge in [-0.05, 0) is 50.3 Å². The Morgan fingerprint density at radius 2 is 1.92 bits per heavy atom. The van der Waals surface area contributed by atoms with E-state index in [1.807, 2.05) is 24.3 Å². The maximum Gasteiger partial charge on any atom is 0.276 e. The zero-order chi connectivity index (χ0) is 19.1. The van der Waals surface area contributed by atoms with E-state index >= 15 is 0 Å². The van der Waals surface area contributed by atoms with Crippen molar-refractivity contribution >= 4 is 27.5 Å². The lowest BCUT2D eigenvalue weighted by Gasteiger charge is -2.26. The highest BCUT2D eigenvalue weighted by atomic mass is 79.9. The molecule has 136 valence electrons. The topological polar surface area (TPSA) is 60.2 Å². The van der Waals surface area contributed by atoms with Crippen LogP contribution in [0.3, 0.4) is 0 Å². The average Bonchev–Trinajstić information content (AvgIpc) is 2.65. The summed E-state index contributed by atoms with van der Waals surface area (Å²) < 4.78 is 0.916. The second-order valence-electron chi connectivity index (χ2n) is 5.90. The lowest BCUT2D eigenvalue weighted by Crippen LogP contribution is -2.39. The number of rotatable bonds is 7. The number of amides is 1. The molecule has 2 aromatic rings. The van der Waals surface area contributed by atoms with E-state index < -0.39 is 0 Å². The van der Waals surface area contributed by atoms with Crippen LogP contribution in [0.5, 0.6) is 0 Å². The van der Waals surface area contributed by atoms with Crippen LogP contribution in [0, 0.1) is 18.3 Å². The lowest BCUT2D eigenvalue weighted by atomic mass is 10.2. The highest BCUT2D eigenvalue weighted by molar-refractivity contribution is 9.10. The van der Waals surface area contributed by atoms with E-state index in [-0.39, 0.29) is 5.91 Å². The minimum atomic E-state index is -0.164. The summed E-state index contributed by atoms with van der Waals surface area (Å²) in [6.45, 7) is 9.18. The van der Waals surface area contributed by atoms with Crippen molar-refractivity contribution < 1.29 is 4.79 Å². The fourth-order valence-corrected chi connectivity index (χ4v) is 3.10. The molecule has 0 aliphatic rings. The van der Waals surface area contributed by atoms with Gasteiger partial charge < -0.3 is 9.80 Å². The van der Waals surface area contributed by atoms with Gasteiger partial charge in [-0.1, -0.05) is 35.8 Å². The number of carbonyl (C=O) groups excluding carboxylic acids is 1. The minimum Gasteiger partial charge on any atom is -0.306 e. The van der Waals surface area contributed by atoms with Crippen LogP contribution >= 0.6 is 15.9 Å². The van der Waals surface area contributed by atoms with Crippen LogP contribution in [-0.4, -0.2) is 42.0 Å². The quantitative estimate of drug-likeness (QED) is 0.686. The number of hydrogen-bond donors (Lipinski definition) is 0. The first-order chi connectivity index (χ1) is 12.5. The van der Waals surface area contributed by atoms with E-state index in [2.05, 4.69) is 45.7 Å². The van der Waals surface area contributed by atoms with Gasteiger partial charge in [0.15, 0.2) is 0 Å². The van der Waals surface area contributed by atoms with Crippen LogP contribution in [0.25, 0.3) is 0 Å². The monoisotopic (exact) mass is 414 g/mol. The second kappa shape index (κ2) is 9.46. The van der Waals surface area contributed by atoms with Crippen molar-refractivity contribution in [2.75, 3.05) is 31.1 Å². The van der Waals surface area contributed by atoms with Crippen LogP contribution < -0.4 is 4.90 Å². The number of nitriles is 1. The third-order valence-corrected chi connectivity index (χ3v) is 4.82. The Balaban J connectivity index is 2.34. The zero-order valence-electron chi connectivity index (χ0n) is 15.4. The molecule has 0 fully saturated rings. The van der Waals surface area contributed by atoms with E-state index in [4.69, 9.17) is 5.26 Å². The molecular weight excluding hydrogens is 392 g/mol. The molecule has 1 aromatic carbocycles. The number of aryl methyl sites for hydroxylation is 1. The molecule has 0 unspecified atom stereocenters. The molecule has 0 aliphatic carbocycles. The van der Waals surface area contributed by atoms with Crippen molar-refractivity contribution in [3.63, 3.8) is 0 Å². The van der Waals surface area contributed by atoms with E-state index in [9.17, 15) is 4.79 Å². The van der Waals surface area contributed by atoms with Gasteiger partial charge in [-0.15, -0.1) is 0 Å². The minimum absolute atomic E-state index is 0.164. The molecule has 26 heavy (non-hydrogen) atoms. The molecule has 0 bridgehead atoms. The van der Waals surface area contributed by atoms with E-state index in [0.29, 0.717) is 23.5 Å². The molecule has 6 heteroatoms. The summed E-state index contributed by atoms with van der Waals surface area (Å²) in [4.78, 5) is 21.5. The molecule has 0 radical (unpaired) electrons. The zero-order valence-corrected chi connectivity index (χ0v) is 17.0. The third kappa shape index (κ3) is 4.90. The summed E-state index contributed by atoms with van der Waals surface area (Å²) in [5.41, 5.74) is 2.22. The van der Waals surface area contributed by atoms with E-state index in [1.165, 1.54) is 0 Å². The number of aromatic nitrogens is 1. The number of halogens is 1. The van der Waals surface area contributed by atoms with Crippen molar-refractivity contribution in [3.05, 3.63) is 57.8 Å². The van der Waals surface area contributed by atoms with Gasteiger partial charge in [-0.3, -0.25) is 4.79 Å². The van der Waals surface area contributed by atoms with Crippen molar-refractivity contribution in [1.82, 2.24) is 9.88 Å². The van der Waals surface area contributed by atoms with Crippen molar-refractivity contribution in [3.8, 4) is 6.07 Å². The van der Waals surface area contributed by atoms with Gasteiger partial charge in [0, 0.05) is 23.2 Å². The van der Waals surface area contributed by atoms with Gasteiger partial charge in [-0.25, -0.2) is 4.98 Å². The normalized spacial score (nSPS) is 10.6. The fraction of sp³-hybridized carbons (Fsp3) is 0.350. The molecule has 1 aromatic heterocycles. The van der Waals surface area contributed by atoms with Crippen LogP contribution in [0.2, 0.25) is 0 Å². The predicted molar refractivity (Wildman–Crippen MR) is 107 cm³/mol. The Morgan fingerprint density at radius 1 is 1.19 bits per heavy atom. The molecule has 2 rings (SSSR count). The Hall–Kier alpha value is -2.23. The summed E-state index contributed by atoms with van der Waals surface area (Å²) in [5, 5.41) is 9.07. The molecule has 0 aliphatic heterocycles. The van der Waals surface area contributed by atoms with E-state index in [0.717, 1.165) is 29.8 Å². The summed E-state index contributed by atoms with van der Waals surface area (Å²) in [6.07, 6.45) is 0. The third-order valence-electron chi connectivity index (χ3n) is 4.32. The second-order valence-corrected chi connectivity index (χ2v) is 6.82. The average molecular weight is 415 g/mol. The maximum atomic E-state index is 13.1. The maximum absolute atomic E-state index is 13.1. The first-order valence-electron chi connectivity index (χ1n) is 8.67. The molecule has 1 amide bonds. The van der Waals surface area contributed by atoms with Crippen molar-refractivity contribution in [2.24, 2.45) is 0 Å². The molecule has 1 heterocycles. The van der Waals surface area contributed by atoms with Gasteiger partial charge in [0.2, 0.25) is 0 Å². The van der Waals surface area contributed by atoms with Gasteiger partial charge in [0.05, 0.1) is 11.3 Å². The molecule has 0 N–H and O–H groups in total. The van der Waals surface area contributed by atoms with Gasteiger partial charge >= 0.3 is 0 Å². The SMILES string of the molecule is CCN(CC)CCN(C(=O)c1ccc(C#N)c(C)n1)c1cccc(Br)c1. The van der Waals surface area contributed by atoms with Crippen LogP contribution in [0.1, 0.15) is 35.6 Å². The highest BCUT2D eigenvalue weighted by Crippen LogP contribution is 2.22. The summed E-state index contributed by atoms with van der Waals surface area (Å²) in [7, 11) is 0. The largest absolute Gasteiger partial charge is 0.306 e. The highest BCUT2D eigenvalue weighted by Gasteiger charge is 2.20. The van der Waals surface area contributed by atoms with Crippen molar-refractivity contribution in [2.45, 2.75) is 20.8 Å². The Kier molecular flexibility index (Phi) is 7.31. The number of pyridine rings is 1. The van der Waals surface area contributed by atoms with Crippen LogP contribution in [0.4, 0.5) is 5.69 Å². The number of benzene rings is 1. The van der Waals surface area contributed by atoms with Crippen LogP contribution in [0.15, 0.2) is 40.9 Å². The number of carbonyl (C=O) groups is 1. The molecule has 0 saturated carbocycles. The van der Waals surface area contributed by atoms with Gasteiger partial charge in [0.25, 0.3) is 5.91 Å². The smallest absolute Gasteiger partial charge is 0.276 e.